The summed E-state index contributed by atoms with van der Waals surface area (Å²) in [5, 5.41) is 0.789. The van der Waals surface area contributed by atoms with Crippen molar-refractivity contribution in [2.24, 2.45) is 5.73 Å². The molecule has 3 heteroatoms. The molecule has 1 nitrogen and oxygen atoms in total. The molecule has 0 aromatic heterocycles. The summed E-state index contributed by atoms with van der Waals surface area (Å²) in [4.78, 5) is 0. The van der Waals surface area contributed by atoms with Gasteiger partial charge >= 0.3 is 0 Å². The topological polar surface area (TPSA) is 26.0 Å². The van der Waals surface area contributed by atoms with E-state index in [-0.39, 0.29) is 6.04 Å². The fourth-order valence-electron chi connectivity index (χ4n) is 0.979. The summed E-state index contributed by atoms with van der Waals surface area (Å²) >= 11 is 8.16. The molecule has 0 aliphatic carbocycles. The molecule has 2 N–H and O–H groups in total. The molecule has 1 aromatic carbocycles. The van der Waals surface area contributed by atoms with Crippen LogP contribution in [-0.4, -0.2) is 0 Å². The first-order valence-corrected chi connectivity index (χ1v) is 5.31. The fraction of sp³-hybridized carbons (Fsp3) is 0.333. The van der Waals surface area contributed by atoms with Gasteiger partial charge in [0.1, 0.15) is 0 Å². The summed E-state index contributed by atoms with van der Waals surface area (Å²) in [7, 11) is 0. The van der Waals surface area contributed by atoms with Crippen molar-refractivity contribution in [1.29, 1.82) is 0 Å². The second kappa shape index (κ2) is 4.44. The normalized spacial score (nSPS) is 13.0. The van der Waals surface area contributed by atoms with E-state index in [2.05, 4.69) is 29.5 Å². The van der Waals surface area contributed by atoms with Crippen LogP contribution in [0.2, 0.25) is 5.02 Å². The maximum Gasteiger partial charge on any atom is 0.0542 e. The third-order valence-corrected chi connectivity index (χ3v) is 3.38. The van der Waals surface area contributed by atoms with E-state index in [1.54, 1.807) is 0 Å². The van der Waals surface area contributed by atoms with Crippen molar-refractivity contribution in [3.63, 3.8) is 0 Å². The first-order chi connectivity index (χ1) is 5.65. The van der Waals surface area contributed by atoms with Gasteiger partial charge in [0.15, 0.2) is 0 Å². The molecule has 1 rings (SSSR count). The highest BCUT2D eigenvalue weighted by Gasteiger charge is 2.04. The molecule has 0 saturated carbocycles. The zero-order chi connectivity index (χ0) is 9.14. The average molecular weight is 296 g/mol. The van der Waals surface area contributed by atoms with Crippen LogP contribution in [0, 0.1) is 3.57 Å². The number of nitrogens with two attached hydrogens (primary N) is 1. The van der Waals surface area contributed by atoms with Crippen LogP contribution in [0.1, 0.15) is 24.9 Å². The predicted molar refractivity (Wildman–Crippen MR) is 61.4 cm³/mol. The lowest BCUT2D eigenvalue weighted by molar-refractivity contribution is 0.698. The molecule has 1 atom stereocenters. The molecular weight excluding hydrogens is 284 g/mol. The van der Waals surface area contributed by atoms with Crippen LogP contribution in [0.3, 0.4) is 0 Å². The quantitative estimate of drug-likeness (QED) is 0.832. The maximum absolute atomic E-state index is 5.95. The van der Waals surface area contributed by atoms with Crippen LogP contribution in [0.4, 0.5) is 0 Å². The van der Waals surface area contributed by atoms with Gasteiger partial charge in [-0.2, -0.15) is 0 Å². The number of hydrogen-bond donors (Lipinski definition) is 1. The summed E-state index contributed by atoms with van der Waals surface area (Å²) < 4.78 is 1.07. The Labute approximate surface area is 91.4 Å². The van der Waals surface area contributed by atoms with Crippen LogP contribution in [0.25, 0.3) is 0 Å². The molecule has 0 spiro atoms. The van der Waals surface area contributed by atoms with Crippen LogP contribution in [0.15, 0.2) is 18.2 Å². The van der Waals surface area contributed by atoms with Gasteiger partial charge in [0, 0.05) is 9.61 Å². The standard InChI is InChI=1S/C9H11ClIN/c1-2-9(12)6-3-4-8(11)7(10)5-6/h3-5,9H,2,12H2,1H3/t9-/m1/s1. The van der Waals surface area contributed by atoms with E-state index < -0.39 is 0 Å². The van der Waals surface area contributed by atoms with Gasteiger partial charge in [-0.3, -0.25) is 0 Å². The molecule has 0 bridgehead atoms. The fourth-order valence-corrected chi connectivity index (χ4v) is 1.50. The van der Waals surface area contributed by atoms with Crippen molar-refractivity contribution >= 4 is 34.2 Å². The number of hydrogen-bond acceptors (Lipinski definition) is 1. The van der Waals surface area contributed by atoms with Crippen molar-refractivity contribution in [2.45, 2.75) is 19.4 Å². The summed E-state index contributed by atoms with van der Waals surface area (Å²) in [6.07, 6.45) is 0.941. The van der Waals surface area contributed by atoms with E-state index >= 15 is 0 Å². The molecule has 0 saturated heterocycles. The van der Waals surface area contributed by atoms with Gasteiger partial charge in [0.25, 0.3) is 0 Å². The largest absolute Gasteiger partial charge is 0.324 e. The van der Waals surface area contributed by atoms with Gasteiger partial charge in [-0.1, -0.05) is 24.6 Å². The summed E-state index contributed by atoms with van der Waals surface area (Å²) in [6.45, 7) is 2.07. The SMILES string of the molecule is CC[C@@H](N)c1ccc(I)c(Cl)c1. The van der Waals surface area contributed by atoms with Crippen molar-refractivity contribution in [2.75, 3.05) is 0 Å². The smallest absolute Gasteiger partial charge is 0.0542 e. The molecule has 0 amide bonds. The molecule has 0 unspecified atom stereocenters. The molecule has 0 heterocycles. The average Bonchev–Trinajstić information content (AvgIpc) is 2.08. The molecule has 0 radical (unpaired) electrons. The Morgan fingerprint density at radius 3 is 2.75 bits per heavy atom. The van der Waals surface area contributed by atoms with Crippen molar-refractivity contribution in [1.82, 2.24) is 0 Å². The molecule has 0 fully saturated rings. The Kier molecular flexibility index (Phi) is 3.80. The highest BCUT2D eigenvalue weighted by Crippen LogP contribution is 2.23. The third kappa shape index (κ3) is 2.34. The summed E-state index contributed by atoms with van der Waals surface area (Å²) in [5.41, 5.74) is 6.97. The number of benzene rings is 1. The summed E-state index contributed by atoms with van der Waals surface area (Å²) in [5.74, 6) is 0. The van der Waals surface area contributed by atoms with Crippen molar-refractivity contribution < 1.29 is 0 Å². The molecule has 0 aliphatic heterocycles. The Morgan fingerprint density at radius 2 is 2.25 bits per heavy atom. The van der Waals surface area contributed by atoms with Crippen LogP contribution >= 0.6 is 34.2 Å². The molecule has 12 heavy (non-hydrogen) atoms. The van der Waals surface area contributed by atoms with Gasteiger partial charge in [0.05, 0.1) is 5.02 Å². The van der Waals surface area contributed by atoms with E-state index in [0.29, 0.717) is 0 Å². The van der Waals surface area contributed by atoms with E-state index in [1.807, 2.05) is 18.2 Å². The second-order valence-electron chi connectivity index (χ2n) is 2.69. The van der Waals surface area contributed by atoms with Gasteiger partial charge in [-0.15, -0.1) is 0 Å². The zero-order valence-electron chi connectivity index (χ0n) is 6.85. The van der Waals surface area contributed by atoms with Crippen molar-refractivity contribution in [3.05, 3.63) is 32.4 Å². The van der Waals surface area contributed by atoms with E-state index in [1.165, 1.54) is 0 Å². The lowest BCUT2D eigenvalue weighted by atomic mass is 10.1. The van der Waals surface area contributed by atoms with Crippen LogP contribution in [0.5, 0.6) is 0 Å². The Balaban J connectivity index is 2.96. The highest BCUT2D eigenvalue weighted by molar-refractivity contribution is 14.1. The molecule has 66 valence electrons. The predicted octanol–water partition coefficient (Wildman–Crippen LogP) is 3.35. The van der Waals surface area contributed by atoms with Gasteiger partial charge in [-0.05, 0) is 46.7 Å². The first kappa shape index (κ1) is 10.3. The minimum atomic E-state index is 0.111. The van der Waals surface area contributed by atoms with E-state index in [4.69, 9.17) is 17.3 Å². The minimum absolute atomic E-state index is 0.111. The highest BCUT2D eigenvalue weighted by atomic mass is 127. The molecule has 0 aliphatic rings. The van der Waals surface area contributed by atoms with E-state index in [9.17, 15) is 0 Å². The maximum atomic E-state index is 5.95. The van der Waals surface area contributed by atoms with Gasteiger partial charge in [0.2, 0.25) is 0 Å². The van der Waals surface area contributed by atoms with Crippen molar-refractivity contribution in [3.8, 4) is 0 Å². The van der Waals surface area contributed by atoms with Gasteiger partial charge in [-0.25, -0.2) is 0 Å². The molecule has 1 aromatic rings. The monoisotopic (exact) mass is 295 g/mol. The Hall–Kier alpha value is 0.200. The second-order valence-corrected chi connectivity index (χ2v) is 4.26. The Morgan fingerprint density at radius 1 is 1.58 bits per heavy atom. The zero-order valence-corrected chi connectivity index (χ0v) is 9.76. The summed E-state index contributed by atoms with van der Waals surface area (Å²) in [6, 6.07) is 6.08. The van der Waals surface area contributed by atoms with Crippen LogP contribution < -0.4 is 5.73 Å². The van der Waals surface area contributed by atoms with E-state index in [0.717, 1.165) is 20.6 Å². The number of halogens is 2. The lowest BCUT2D eigenvalue weighted by Crippen LogP contribution is -2.08. The minimum Gasteiger partial charge on any atom is -0.324 e. The lowest BCUT2D eigenvalue weighted by Gasteiger charge is -2.09. The Bertz CT molecular complexity index is 275. The van der Waals surface area contributed by atoms with Crippen LogP contribution in [-0.2, 0) is 0 Å². The number of rotatable bonds is 2. The van der Waals surface area contributed by atoms with Gasteiger partial charge < -0.3 is 5.73 Å². The first-order valence-electron chi connectivity index (χ1n) is 3.85. The molecular formula is C9H11ClIN. The third-order valence-electron chi connectivity index (χ3n) is 1.81.